The molecule has 0 unspecified atom stereocenters. The Kier molecular flexibility index (Phi) is 4.20. The number of furan rings is 1. The Morgan fingerprint density at radius 3 is 2.59 bits per heavy atom. The van der Waals surface area contributed by atoms with Crippen LogP contribution in [0.4, 0.5) is 5.69 Å². The van der Waals surface area contributed by atoms with E-state index in [0.717, 1.165) is 39.6 Å². The molecule has 3 heteroatoms. The maximum atomic E-state index is 7.57. The van der Waals surface area contributed by atoms with Gasteiger partial charge in [0.15, 0.2) is 6.20 Å². The number of rotatable bonds is 3. The molecule has 2 heterocycles. The quantitative estimate of drug-likeness (QED) is 0.320. The molecule has 3 nitrogen and oxygen atoms in total. The van der Waals surface area contributed by atoms with Gasteiger partial charge in [0.1, 0.15) is 18.2 Å². The second-order valence-corrected chi connectivity index (χ2v) is 7.59. The van der Waals surface area contributed by atoms with Crippen LogP contribution in [0.25, 0.3) is 38.0 Å². The summed E-state index contributed by atoms with van der Waals surface area (Å²) in [6, 6.07) is 14.5. The fourth-order valence-corrected chi connectivity index (χ4v) is 3.90. The van der Waals surface area contributed by atoms with Crippen LogP contribution >= 0.6 is 0 Å². The lowest BCUT2D eigenvalue weighted by molar-refractivity contribution is -0.660. The van der Waals surface area contributed by atoms with Crippen molar-refractivity contribution in [1.29, 1.82) is 0 Å². The van der Waals surface area contributed by atoms with Gasteiger partial charge in [-0.3, -0.25) is 0 Å². The van der Waals surface area contributed by atoms with E-state index in [1.165, 1.54) is 5.56 Å². The van der Waals surface area contributed by atoms with E-state index < -0.39 is 0 Å². The van der Waals surface area contributed by atoms with Gasteiger partial charge in [-0.25, -0.2) is 9.41 Å². The summed E-state index contributed by atoms with van der Waals surface area (Å²) in [5.74, 6) is 0.536. The van der Waals surface area contributed by atoms with Crippen molar-refractivity contribution < 1.29 is 8.98 Å². The van der Waals surface area contributed by atoms with Crippen molar-refractivity contribution >= 4 is 27.6 Å². The number of aryl methyl sites for hydroxylation is 2. The normalized spacial score (nSPS) is 11.4. The molecule has 2 aromatic carbocycles. The Balaban J connectivity index is 2.15. The lowest BCUT2D eigenvalue weighted by Gasteiger charge is -2.08. The van der Waals surface area contributed by atoms with Gasteiger partial charge in [-0.15, -0.1) is 0 Å². The Labute approximate surface area is 159 Å². The molecule has 0 spiro atoms. The van der Waals surface area contributed by atoms with E-state index in [1.54, 1.807) is 0 Å². The maximum absolute atomic E-state index is 7.57. The zero-order chi connectivity index (χ0) is 19.1. The van der Waals surface area contributed by atoms with Gasteiger partial charge in [0.25, 0.3) is 0 Å². The number of aromatic nitrogens is 1. The van der Waals surface area contributed by atoms with Crippen molar-refractivity contribution in [2.24, 2.45) is 13.0 Å². The Morgan fingerprint density at radius 1 is 1.07 bits per heavy atom. The third-order valence-electron chi connectivity index (χ3n) is 5.12. The number of benzene rings is 2. The average molecular weight is 355 g/mol. The van der Waals surface area contributed by atoms with E-state index in [0.29, 0.717) is 17.2 Å². The molecule has 2 aromatic heterocycles. The molecule has 4 rings (SSSR count). The zero-order valence-corrected chi connectivity index (χ0v) is 16.2. The summed E-state index contributed by atoms with van der Waals surface area (Å²) in [4.78, 5) is 3.71. The monoisotopic (exact) mass is 355 g/mol. The van der Waals surface area contributed by atoms with E-state index in [4.69, 9.17) is 11.0 Å². The molecular weight excluding hydrogens is 332 g/mol. The molecule has 0 aliphatic heterocycles. The van der Waals surface area contributed by atoms with Gasteiger partial charge in [0.2, 0.25) is 11.4 Å². The molecule has 134 valence electrons. The van der Waals surface area contributed by atoms with E-state index in [-0.39, 0.29) is 0 Å². The largest absolute Gasteiger partial charge is 0.466 e. The fraction of sp³-hybridized carbons (Fsp3) is 0.250. The molecule has 0 amide bonds. The van der Waals surface area contributed by atoms with Crippen LogP contribution < -0.4 is 4.57 Å². The van der Waals surface area contributed by atoms with Crippen LogP contribution in [-0.4, -0.2) is 0 Å². The Bertz CT molecular complexity index is 1210. The average Bonchev–Trinajstić information content (AvgIpc) is 3.02. The topological polar surface area (TPSA) is 21.4 Å². The Morgan fingerprint density at radius 2 is 1.89 bits per heavy atom. The summed E-state index contributed by atoms with van der Waals surface area (Å²) in [6.07, 6.45) is 3.01. The van der Waals surface area contributed by atoms with E-state index in [9.17, 15) is 0 Å². The molecule has 0 saturated heterocycles. The van der Waals surface area contributed by atoms with Crippen LogP contribution in [0.5, 0.6) is 0 Å². The highest BCUT2D eigenvalue weighted by molar-refractivity contribution is 6.14. The zero-order valence-electron chi connectivity index (χ0n) is 16.2. The highest BCUT2D eigenvalue weighted by Crippen LogP contribution is 2.42. The lowest BCUT2D eigenvalue weighted by Crippen LogP contribution is -2.30. The second kappa shape index (κ2) is 6.55. The minimum absolute atomic E-state index is 0.536. The molecule has 0 fully saturated rings. The SMILES string of the molecule is [C-]#[N+]c1ccc(CC(C)C)c2c1oc1c(-c3cccc[n+]3C)c(C)ccc12. The summed E-state index contributed by atoms with van der Waals surface area (Å²) >= 11 is 0. The highest BCUT2D eigenvalue weighted by Gasteiger charge is 2.22. The number of nitrogens with zero attached hydrogens (tertiary/aromatic N) is 2. The highest BCUT2D eigenvalue weighted by atomic mass is 16.3. The smallest absolute Gasteiger partial charge is 0.229 e. The first-order valence-corrected chi connectivity index (χ1v) is 9.31. The molecule has 0 aliphatic carbocycles. The lowest BCUT2D eigenvalue weighted by atomic mass is 9.95. The molecule has 0 saturated carbocycles. The van der Waals surface area contributed by atoms with Crippen molar-refractivity contribution in [2.75, 3.05) is 0 Å². The molecule has 0 radical (unpaired) electrons. The van der Waals surface area contributed by atoms with Crippen molar-refractivity contribution in [3.63, 3.8) is 0 Å². The van der Waals surface area contributed by atoms with Crippen molar-refractivity contribution in [2.45, 2.75) is 27.2 Å². The van der Waals surface area contributed by atoms with Gasteiger partial charge in [0.05, 0.1) is 12.1 Å². The van der Waals surface area contributed by atoms with Crippen LogP contribution in [0.1, 0.15) is 25.0 Å². The first-order valence-electron chi connectivity index (χ1n) is 9.31. The summed E-state index contributed by atoms with van der Waals surface area (Å²) < 4.78 is 8.50. The van der Waals surface area contributed by atoms with Crippen molar-refractivity contribution in [3.05, 3.63) is 71.2 Å². The summed E-state index contributed by atoms with van der Waals surface area (Å²) in [6.45, 7) is 14.1. The summed E-state index contributed by atoms with van der Waals surface area (Å²) in [7, 11) is 2.05. The summed E-state index contributed by atoms with van der Waals surface area (Å²) in [5.41, 5.74) is 6.77. The first kappa shape index (κ1) is 17.3. The van der Waals surface area contributed by atoms with Crippen LogP contribution in [0.2, 0.25) is 0 Å². The van der Waals surface area contributed by atoms with Crippen molar-refractivity contribution in [3.8, 4) is 11.3 Å². The standard InChI is InChI=1S/C24H23N2O/c1-15(2)14-17-10-12-19(25-4)24-22(17)18-11-9-16(3)21(23(18)27-24)20-8-6-7-13-26(20)5/h6-13,15H,14H2,1-3,5H3/q+1. The molecule has 0 N–H and O–H groups in total. The van der Waals surface area contributed by atoms with Crippen LogP contribution in [0, 0.1) is 19.4 Å². The number of fused-ring (bicyclic) bond motifs is 3. The predicted molar refractivity (Wildman–Crippen MR) is 110 cm³/mol. The van der Waals surface area contributed by atoms with Gasteiger partial charge in [-0.05, 0) is 36.5 Å². The maximum Gasteiger partial charge on any atom is 0.229 e. The number of pyridine rings is 1. The van der Waals surface area contributed by atoms with Crippen LogP contribution in [0.3, 0.4) is 0 Å². The molecule has 27 heavy (non-hydrogen) atoms. The van der Waals surface area contributed by atoms with E-state index in [1.807, 2.05) is 31.4 Å². The molecule has 0 bridgehead atoms. The molecule has 4 aromatic rings. The Hall–Kier alpha value is -3.12. The van der Waals surface area contributed by atoms with E-state index in [2.05, 4.69) is 54.4 Å². The molecular formula is C24H23N2O+. The minimum Gasteiger partial charge on any atom is -0.466 e. The second-order valence-electron chi connectivity index (χ2n) is 7.59. The van der Waals surface area contributed by atoms with Crippen LogP contribution in [-0.2, 0) is 13.5 Å². The van der Waals surface area contributed by atoms with Gasteiger partial charge < -0.3 is 4.42 Å². The molecule has 0 aliphatic rings. The van der Waals surface area contributed by atoms with Gasteiger partial charge in [0, 0.05) is 22.9 Å². The first-order chi connectivity index (χ1) is 13.0. The van der Waals surface area contributed by atoms with Gasteiger partial charge in [-0.1, -0.05) is 38.1 Å². The van der Waals surface area contributed by atoms with Gasteiger partial charge >= 0.3 is 0 Å². The molecule has 0 atom stereocenters. The van der Waals surface area contributed by atoms with Crippen molar-refractivity contribution in [1.82, 2.24) is 0 Å². The fourth-order valence-electron chi connectivity index (χ4n) is 3.90. The van der Waals surface area contributed by atoms with Crippen LogP contribution in [0.15, 0.2) is 53.1 Å². The summed E-state index contributed by atoms with van der Waals surface area (Å²) in [5, 5.41) is 2.18. The minimum atomic E-state index is 0.536. The number of hydrogen-bond acceptors (Lipinski definition) is 1. The third kappa shape index (κ3) is 2.78. The predicted octanol–water partition coefficient (Wildman–Crippen LogP) is 6.14. The van der Waals surface area contributed by atoms with E-state index >= 15 is 0 Å². The number of hydrogen-bond donors (Lipinski definition) is 0. The van der Waals surface area contributed by atoms with Gasteiger partial charge in [-0.2, -0.15) is 0 Å². The third-order valence-corrected chi connectivity index (χ3v) is 5.12.